The summed E-state index contributed by atoms with van der Waals surface area (Å²) in [6.45, 7) is 8.15. The zero-order chi connectivity index (χ0) is 15.1. The van der Waals surface area contributed by atoms with Crippen molar-refractivity contribution in [3.05, 3.63) is 36.2 Å². The van der Waals surface area contributed by atoms with Gasteiger partial charge in [0.1, 0.15) is 5.82 Å². The summed E-state index contributed by atoms with van der Waals surface area (Å²) in [6, 6.07) is 9.94. The third-order valence-electron chi connectivity index (χ3n) is 3.04. The topological polar surface area (TPSA) is 53.9 Å². The van der Waals surface area contributed by atoms with E-state index in [2.05, 4.69) is 39.0 Å². The molecule has 0 saturated heterocycles. The van der Waals surface area contributed by atoms with Crippen molar-refractivity contribution in [2.75, 3.05) is 23.3 Å². The first-order valence-electron chi connectivity index (χ1n) is 7.52. The normalized spacial score (nSPS) is 10.4. The Morgan fingerprint density at radius 3 is 2.24 bits per heavy atom. The zero-order valence-corrected chi connectivity index (χ0v) is 13.0. The van der Waals surface area contributed by atoms with Gasteiger partial charge in [-0.05, 0) is 31.9 Å². The van der Waals surface area contributed by atoms with Crippen LogP contribution in [0.3, 0.4) is 0 Å². The summed E-state index contributed by atoms with van der Waals surface area (Å²) in [5.74, 6) is 2.08. The second-order valence-corrected chi connectivity index (χ2v) is 4.98. The van der Waals surface area contributed by atoms with Crippen molar-refractivity contribution in [3.8, 4) is 0 Å². The number of nitrogens with one attached hydrogen (secondary N) is 1. The maximum atomic E-state index is 4.56. The van der Waals surface area contributed by atoms with Crippen LogP contribution in [0.15, 0.2) is 30.3 Å². The number of aromatic nitrogens is 3. The number of anilines is 3. The Bertz CT molecular complexity index is 550. The molecule has 0 bridgehead atoms. The minimum atomic E-state index is 0.598. The van der Waals surface area contributed by atoms with Gasteiger partial charge in [0.15, 0.2) is 0 Å². The predicted octanol–water partition coefficient (Wildman–Crippen LogP) is 3.55. The van der Waals surface area contributed by atoms with Crippen molar-refractivity contribution < 1.29 is 0 Å². The first-order valence-corrected chi connectivity index (χ1v) is 7.52. The predicted molar refractivity (Wildman–Crippen MR) is 87.1 cm³/mol. The van der Waals surface area contributed by atoms with Gasteiger partial charge in [0, 0.05) is 18.8 Å². The molecule has 112 valence electrons. The molecule has 0 amide bonds. The molecule has 0 radical (unpaired) electrons. The Morgan fingerprint density at radius 2 is 1.62 bits per heavy atom. The Balaban J connectivity index is 2.23. The van der Waals surface area contributed by atoms with Gasteiger partial charge in [-0.2, -0.15) is 15.0 Å². The van der Waals surface area contributed by atoms with Gasteiger partial charge >= 0.3 is 0 Å². The van der Waals surface area contributed by atoms with E-state index in [1.54, 1.807) is 0 Å². The number of benzene rings is 1. The van der Waals surface area contributed by atoms with Crippen LogP contribution in [0.4, 0.5) is 17.6 Å². The molecule has 0 aliphatic rings. The molecule has 5 nitrogen and oxygen atoms in total. The standard InChI is InChI=1S/C16H23N5/c1-4-11-21(12-5-2)16-18-13(3)17-15(20-16)19-14-9-7-6-8-10-14/h6-10H,4-5,11-12H2,1-3H3,(H,17,18,19,20). The molecule has 1 aromatic heterocycles. The highest BCUT2D eigenvalue weighted by Gasteiger charge is 2.11. The van der Waals surface area contributed by atoms with Gasteiger partial charge < -0.3 is 10.2 Å². The van der Waals surface area contributed by atoms with Crippen molar-refractivity contribution in [3.63, 3.8) is 0 Å². The molecule has 5 heteroatoms. The van der Waals surface area contributed by atoms with E-state index in [9.17, 15) is 0 Å². The fourth-order valence-corrected chi connectivity index (χ4v) is 2.17. The van der Waals surface area contributed by atoms with Gasteiger partial charge in [-0.1, -0.05) is 32.0 Å². The molecule has 2 rings (SSSR count). The van der Waals surface area contributed by atoms with E-state index in [4.69, 9.17) is 0 Å². The van der Waals surface area contributed by atoms with Crippen LogP contribution in [0.5, 0.6) is 0 Å². The number of hydrogen-bond donors (Lipinski definition) is 1. The van der Waals surface area contributed by atoms with Crippen molar-refractivity contribution in [2.45, 2.75) is 33.6 Å². The largest absolute Gasteiger partial charge is 0.341 e. The number of aryl methyl sites for hydroxylation is 1. The van der Waals surface area contributed by atoms with Crippen LogP contribution in [-0.2, 0) is 0 Å². The second kappa shape index (κ2) is 7.57. The zero-order valence-electron chi connectivity index (χ0n) is 13.0. The fraction of sp³-hybridized carbons (Fsp3) is 0.438. The van der Waals surface area contributed by atoms with E-state index in [1.165, 1.54) is 0 Å². The molecule has 21 heavy (non-hydrogen) atoms. The molecule has 1 aromatic carbocycles. The van der Waals surface area contributed by atoms with Crippen LogP contribution in [0.25, 0.3) is 0 Å². The van der Waals surface area contributed by atoms with Gasteiger partial charge in [0.2, 0.25) is 11.9 Å². The highest BCUT2D eigenvalue weighted by atomic mass is 15.3. The van der Waals surface area contributed by atoms with Gasteiger partial charge in [-0.3, -0.25) is 0 Å². The number of para-hydroxylation sites is 1. The van der Waals surface area contributed by atoms with E-state index < -0.39 is 0 Å². The third-order valence-corrected chi connectivity index (χ3v) is 3.04. The summed E-state index contributed by atoms with van der Waals surface area (Å²) >= 11 is 0. The molecule has 0 aliphatic carbocycles. The van der Waals surface area contributed by atoms with Crippen molar-refractivity contribution in [2.24, 2.45) is 0 Å². The first-order chi connectivity index (χ1) is 10.2. The maximum absolute atomic E-state index is 4.56. The molecule has 2 aromatic rings. The first kappa shape index (κ1) is 15.2. The molecule has 1 heterocycles. The van der Waals surface area contributed by atoms with E-state index in [0.29, 0.717) is 5.95 Å². The van der Waals surface area contributed by atoms with Crippen molar-refractivity contribution >= 4 is 17.6 Å². The van der Waals surface area contributed by atoms with Gasteiger partial charge in [-0.25, -0.2) is 0 Å². The van der Waals surface area contributed by atoms with Crippen molar-refractivity contribution in [1.29, 1.82) is 0 Å². The van der Waals surface area contributed by atoms with E-state index in [0.717, 1.165) is 43.4 Å². The average Bonchev–Trinajstić information content (AvgIpc) is 2.47. The molecule has 0 spiro atoms. The summed E-state index contributed by atoms with van der Waals surface area (Å²) in [7, 11) is 0. The lowest BCUT2D eigenvalue weighted by molar-refractivity contribution is 0.715. The van der Waals surface area contributed by atoms with Crippen LogP contribution in [0.1, 0.15) is 32.5 Å². The number of nitrogens with zero attached hydrogens (tertiary/aromatic N) is 4. The smallest absolute Gasteiger partial charge is 0.232 e. The lowest BCUT2D eigenvalue weighted by Crippen LogP contribution is -2.27. The van der Waals surface area contributed by atoms with Crippen molar-refractivity contribution in [1.82, 2.24) is 15.0 Å². The monoisotopic (exact) mass is 285 g/mol. The SMILES string of the molecule is CCCN(CCC)c1nc(C)nc(Nc2ccccc2)n1. The highest BCUT2D eigenvalue weighted by Crippen LogP contribution is 2.16. The van der Waals surface area contributed by atoms with E-state index in [-0.39, 0.29) is 0 Å². The Labute approximate surface area is 126 Å². The van der Waals surface area contributed by atoms with Crippen LogP contribution in [0.2, 0.25) is 0 Å². The van der Waals surface area contributed by atoms with Crippen LogP contribution >= 0.6 is 0 Å². The summed E-state index contributed by atoms with van der Waals surface area (Å²) in [4.78, 5) is 15.6. The lowest BCUT2D eigenvalue weighted by Gasteiger charge is -2.21. The molecule has 0 fully saturated rings. The van der Waals surface area contributed by atoms with Gasteiger partial charge in [0.05, 0.1) is 0 Å². The minimum Gasteiger partial charge on any atom is -0.341 e. The molecule has 0 saturated carbocycles. The number of hydrogen-bond acceptors (Lipinski definition) is 5. The van der Waals surface area contributed by atoms with E-state index >= 15 is 0 Å². The van der Waals surface area contributed by atoms with Gasteiger partial charge in [0.25, 0.3) is 0 Å². The minimum absolute atomic E-state index is 0.598. The van der Waals surface area contributed by atoms with Crippen LogP contribution in [0, 0.1) is 6.92 Å². The number of rotatable bonds is 7. The Hall–Kier alpha value is -2.17. The summed E-state index contributed by atoms with van der Waals surface area (Å²) < 4.78 is 0. The Kier molecular flexibility index (Phi) is 5.49. The van der Waals surface area contributed by atoms with Gasteiger partial charge in [-0.15, -0.1) is 0 Å². The molecular weight excluding hydrogens is 262 g/mol. The molecule has 0 atom stereocenters. The molecule has 0 unspecified atom stereocenters. The Morgan fingerprint density at radius 1 is 0.952 bits per heavy atom. The average molecular weight is 285 g/mol. The van der Waals surface area contributed by atoms with E-state index in [1.807, 2.05) is 37.3 Å². The summed E-state index contributed by atoms with van der Waals surface area (Å²) in [6.07, 6.45) is 2.15. The van der Waals surface area contributed by atoms with Crippen LogP contribution < -0.4 is 10.2 Å². The lowest BCUT2D eigenvalue weighted by atomic mass is 10.3. The third kappa shape index (κ3) is 4.41. The molecule has 0 aliphatic heterocycles. The maximum Gasteiger partial charge on any atom is 0.232 e. The quantitative estimate of drug-likeness (QED) is 0.843. The fourth-order valence-electron chi connectivity index (χ4n) is 2.17. The molecule has 1 N–H and O–H groups in total. The second-order valence-electron chi connectivity index (χ2n) is 4.98. The summed E-state index contributed by atoms with van der Waals surface area (Å²) in [5.41, 5.74) is 0.978. The highest BCUT2D eigenvalue weighted by molar-refractivity contribution is 5.53. The molecular formula is C16H23N5. The van der Waals surface area contributed by atoms with Crippen LogP contribution in [-0.4, -0.2) is 28.0 Å². The summed E-state index contributed by atoms with van der Waals surface area (Å²) in [5, 5.41) is 3.24.